The first-order valence-corrected chi connectivity index (χ1v) is 11.0. The lowest BCUT2D eigenvalue weighted by molar-refractivity contribution is 0.688. The van der Waals surface area contributed by atoms with Gasteiger partial charge in [-0.15, -0.1) is 10.2 Å². The summed E-state index contributed by atoms with van der Waals surface area (Å²) in [7, 11) is 0. The van der Waals surface area contributed by atoms with E-state index in [1.807, 2.05) is 72.2 Å². The van der Waals surface area contributed by atoms with Crippen molar-refractivity contribution in [3.05, 3.63) is 77.1 Å². The largest absolute Gasteiger partial charge is 0.309 e. The van der Waals surface area contributed by atoms with Crippen molar-refractivity contribution >= 4 is 35.1 Å². The van der Waals surface area contributed by atoms with Crippen molar-refractivity contribution in [1.29, 1.82) is 0 Å². The number of nitrogens with zero attached hydrogens (tertiary/aromatic N) is 5. The van der Waals surface area contributed by atoms with Crippen molar-refractivity contribution in [1.82, 2.24) is 24.7 Å². The molecular formula is C22H21ClN6S. The van der Waals surface area contributed by atoms with Crippen molar-refractivity contribution in [3.63, 3.8) is 0 Å². The molecule has 152 valence electrons. The normalized spacial score (nSPS) is 10.9. The van der Waals surface area contributed by atoms with E-state index in [1.165, 1.54) is 0 Å². The van der Waals surface area contributed by atoms with Gasteiger partial charge in [0, 0.05) is 29.0 Å². The summed E-state index contributed by atoms with van der Waals surface area (Å²) in [5.41, 5.74) is 2.98. The highest BCUT2D eigenvalue weighted by Crippen LogP contribution is 2.28. The highest BCUT2D eigenvalue weighted by Gasteiger charge is 2.14. The van der Waals surface area contributed by atoms with Crippen LogP contribution in [0.2, 0.25) is 5.02 Å². The second-order valence-corrected chi connectivity index (χ2v) is 7.96. The van der Waals surface area contributed by atoms with E-state index in [9.17, 15) is 0 Å². The fraction of sp³-hybridized carbons (Fsp3) is 0.182. The minimum atomic E-state index is 0.649. The van der Waals surface area contributed by atoms with Gasteiger partial charge in [0.05, 0.1) is 5.69 Å². The van der Waals surface area contributed by atoms with E-state index in [4.69, 9.17) is 11.6 Å². The van der Waals surface area contributed by atoms with Gasteiger partial charge in [-0.25, -0.2) is 9.97 Å². The molecule has 30 heavy (non-hydrogen) atoms. The molecule has 2 aromatic heterocycles. The standard InChI is InChI=1S/C22H21ClN6S/c1-3-29-21(27-28-22(29)30-14-17-11-7-8-12-18(17)23)26-20-13-19(24-15(2)25-20)16-9-5-4-6-10-16/h4-13H,3,14H2,1-2H3,(H,24,25,26,27). The Morgan fingerprint density at radius 3 is 2.53 bits per heavy atom. The Morgan fingerprint density at radius 2 is 1.77 bits per heavy atom. The molecule has 0 spiro atoms. The maximum atomic E-state index is 6.27. The second-order valence-electron chi connectivity index (χ2n) is 6.61. The Hall–Kier alpha value is -2.90. The molecule has 2 heterocycles. The Kier molecular flexibility index (Phi) is 6.30. The second kappa shape index (κ2) is 9.28. The predicted molar refractivity (Wildman–Crippen MR) is 122 cm³/mol. The highest BCUT2D eigenvalue weighted by molar-refractivity contribution is 7.98. The zero-order chi connectivity index (χ0) is 20.9. The monoisotopic (exact) mass is 436 g/mol. The molecule has 0 aliphatic rings. The van der Waals surface area contributed by atoms with Gasteiger partial charge in [-0.1, -0.05) is 71.9 Å². The van der Waals surface area contributed by atoms with Crippen LogP contribution in [0.3, 0.4) is 0 Å². The van der Waals surface area contributed by atoms with Crippen LogP contribution in [-0.4, -0.2) is 24.7 Å². The van der Waals surface area contributed by atoms with Crippen molar-refractivity contribution in [2.45, 2.75) is 31.3 Å². The number of anilines is 2. The SMILES string of the molecule is CCn1c(Nc2cc(-c3ccccc3)nc(C)n2)nnc1SCc1ccccc1Cl. The first-order chi connectivity index (χ1) is 14.6. The van der Waals surface area contributed by atoms with Crippen molar-refractivity contribution in [2.24, 2.45) is 0 Å². The molecular weight excluding hydrogens is 416 g/mol. The zero-order valence-corrected chi connectivity index (χ0v) is 18.3. The summed E-state index contributed by atoms with van der Waals surface area (Å²) in [6, 6.07) is 19.8. The number of benzene rings is 2. The Labute approximate surface area is 184 Å². The number of aryl methyl sites for hydroxylation is 1. The Balaban J connectivity index is 1.55. The van der Waals surface area contributed by atoms with Crippen LogP contribution in [0.25, 0.3) is 11.3 Å². The van der Waals surface area contributed by atoms with E-state index >= 15 is 0 Å². The lowest BCUT2D eigenvalue weighted by atomic mass is 10.1. The minimum Gasteiger partial charge on any atom is -0.309 e. The molecule has 4 rings (SSSR count). The van der Waals surface area contributed by atoms with E-state index in [1.54, 1.807) is 11.8 Å². The van der Waals surface area contributed by atoms with Gasteiger partial charge in [-0.3, -0.25) is 4.57 Å². The van der Waals surface area contributed by atoms with Gasteiger partial charge >= 0.3 is 0 Å². The van der Waals surface area contributed by atoms with Crippen molar-refractivity contribution < 1.29 is 0 Å². The number of hydrogen-bond acceptors (Lipinski definition) is 6. The fourth-order valence-electron chi connectivity index (χ4n) is 3.03. The molecule has 6 nitrogen and oxygen atoms in total. The maximum absolute atomic E-state index is 6.27. The van der Waals surface area contributed by atoms with Gasteiger partial charge in [0.15, 0.2) is 5.16 Å². The third kappa shape index (κ3) is 4.63. The molecule has 0 aliphatic heterocycles. The summed E-state index contributed by atoms with van der Waals surface area (Å²) in [6.07, 6.45) is 0. The summed E-state index contributed by atoms with van der Waals surface area (Å²) in [5, 5.41) is 13.6. The molecule has 8 heteroatoms. The third-order valence-corrected chi connectivity index (χ3v) is 5.88. The topological polar surface area (TPSA) is 68.5 Å². The summed E-state index contributed by atoms with van der Waals surface area (Å²) in [5.74, 6) is 2.75. The van der Waals surface area contributed by atoms with E-state index in [0.717, 1.165) is 39.3 Å². The van der Waals surface area contributed by atoms with E-state index < -0.39 is 0 Å². The molecule has 0 aliphatic carbocycles. The van der Waals surface area contributed by atoms with E-state index in [0.29, 0.717) is 17.6 Å². The van der Waals surface area contributed by atoms with Gasteiger partial charge < -0.3 is 5.32 Å². The quantitative estimate of drug-likeness (QED) is 0.372. The van der Waals surface area contributed by atoms with Gasteiger partial charge in [0.25, 0.3) is 0 Å². The van der Waals surface area contributed by atoms with Crippen molar-refractivity contribution in [3.8, 4) is 11.3 Å². The van der Waals surface area contributed by atoms with Crippen LogP contribution in [0.5, 0.6) is 0 Å². The summed E-state index contributed by atoms with van der Waals surface area (Å²) < 4.78 is 2.03. The fourth-order valence-corrected chi connectivity index (χ4v) is 4.32. The van der Waals surface area contributed by atoms with Crippen LogP contribution in [0, 0.1) is 6.92 Å². The van der Waals surface area contributed by atoms with Crippen LogP contribution < -0.4 is 5.32 Å². The molecule has 1 N–H and O–H groups in total. The molecule has 2 aromatic carbocycles. The number of aromatic nitrogens is 5. The van der Waals surface area contributed by atoms with Gasteiger partial charge in [0.2, 0.25) is 5.95 Å². The lowest BCUT2D eigenvalue weighted by Gasteiger charge is -2.10. The average molecular weight is 437 g/mol. The molecule has 4 aromatic rings. The number of hydrogen-bond donors (Lipinski definition) is 1. The summed E-state index contributed by atoms with van der Waals surface area (Å²) >= 11 is 7.88. The van der Waals surface area contributed by atoms with Gasteiger partial charge in [-0.2, -0.15) is 0 Å². The van der Waals surface area contributed by atoms with Gasteiger partial charge in [0.1, 0.15) is 11.6 Å². The molecule has 0 fully saturated rings. The van der Waals surface area contributed by atoms with Crippen molar-refractivity contribution in [2.75, 3.05) is 5.32 Å². The number of nitrogens with one attached hydrogen (secondary N) is 1. The Morgan fingerprint density at radius 1 is 1.00 bits per heavy atom. The first-order valence-electron chi connectivity index (χ1n) is 9.61. The molecule has 0 atom stereocenters. The third-order valence-electron chi connectivity index (χ3n) is 4.50. The number of halogens is 1. The van der Waals surface area contributed by atoms with Crippen LogP contribution in [0.4, 0.5) is 11.8 Å². The van der Waals surface area contributed by atoms with Crippen LogP contribution in [0.1, 0.15) is 18.3 Å². The first kappa shape index (κ1) is 20.4. The highest BCUT2D eigenvalue weighted by atomic mass is 35.5. The molecule has 0 radical (unpaired) electrons. The maximum Gasteiger partial charge on any atom is 0.230 e. The molecule has 0 bridgehead atoms. The zero-order valence-electron chi connectivity index (χ0n) is 16.7. The number of rotatable bonds is 7. The number of thioether (sulfide) groups is 1. The average Bonchev–Trinajstić information content (AvgIpc) is 3.14. The lowest BCUT2D eigenvalue weighted by Crippen LogP contribution is -2.06. The smallest absolute Gasteiger partial charge is 0.230 e. The Bertz CT molecular complexity index is 1150. The molecule has 0 saturated carbocycles. The molecule has 0 amide bonds. The van der Waals surface area contributed by atoms with Crippen LogP contribution in [-0.2, 0) is 12.3 Å². The predicted octanol–water partition coefficient (Wildman–Crippen LogP) is 5.75. The summed E-state index contributed by atoms with van der Waals surface area (Å²) in [4.78, 5) is 9.07. The minimum absolute atomic E-state index is 0.649. The van der Waals surface area contributed by atoms with E-state index in [2.05, 4.69) is 32.4 Å². The molecule has 0 saturated heterocycles. The summed E-state index contributed by atoms with van der Waals surface area (Å²) in [6.45, 7) is 4.68. The van der Waals surface area contributed by atoms with Crippen LogP contribution >= 0.6 is 23.4 Å². The van der Waals surface area contributed by atoms with Crippen LogP contribution in [0.15, 0.2) is 65.8 Å². The van der Waals surface area contributed by atoms with Gasteiger partial charge in [-0.05, 0) is 25.5 Å². The van der Waals surface area contributed by atoms with E-state index in [-0.39, 0.29) is 0 Å². The molecule has 0 unspecified atom stereocenters.